The lowest BCUT2D eigenvalue weighted by Gasteiger charge is -2.03. The molecule has 3 nitrogen and oxygen atoms in total. The summed E-state index contributed by atoms with van der Waals surface area (Å²) in [4.78, 5) is 4.39. The predicted octanol–water partition coefficient (Wildman–Crippen LogP) is 3.30. The van der Waals surface area contributed by atoms with Gasteiger partial charge in [0.1, 0.15) is 0 Å². The van der Waals surface area contributed by atoms with Gasteiger partial charge in [-0.2, -0.15) is 0 Å². The Labute approximate surface area is 99.3 Å². The summed E-state index contributed by atoms with van der Waals surface area (Å²) in [6.45, 7) is 5.10. The molecule has 0 amide bonds. The van der Waals surface area contributed by atoms with E-state index in [4.69, 9.17) is 10.5 Å². The van der Waals surface area contributed by atoms with E-state index >= 15 is 0 Å². The highest BCUT2D eigenvalue weighted by molar-refractivity contribution is 7.20. The van der Waals surface area contributed by atoms with Gasteiger partial charge in [0.15, 0.2) is 0 Å². The molecular weight excluding hydrogens is 220 g/mol. The average molecular weight is 236 g/mol. The van der Waals surface area contributed by atoms with Gasteiger partial charge in [0.25, 0.3) is 5.19 Å². The smallest absolute Gasteiger partial charge is 0.274 e. The summed E-state index contributed by atoms with van der Waals surface area (Å²) in [6.07, 6.45) is 1.05. The summed E-state index contributed by atoms with van der Waals surface area (Å²) in [6, 6.07) is 5.72. The number of nitrogens with two attached hydrogens (primary N) is 1. The van der Waals surface area contributed by atoms with Crippen LogP contribution in [0.4, 0.5) is 5.69 Å². The largest absolute Gasteiger partial charge is 0.470 e. The third kappa shape index (κ3) is 2.64. The Morgan fingerprint density at radius 3 is 3.00 bits per heavy atom. The molecule has 1 heterocycles. The minimum atomic E-state index is 0.657. The van der Waals surface area contributed by atoms with Crippen molar-refractivity contribution in [3.63, 3.8) is 0 Å². The molecule has 0 saturated heterocycles. The highest BCUT2D eigenvalue weighted by Gasteiger charge is 2.05. The first-order valence-electron chi connectivity index (χ1n) is 5.44. The van der Waals surface area contributed by atoms with Gasteiger partial charge in [0.2, 0.25) is 0 Å². The normalized spacial score (nSPS) is 11.2. The number of benzene rings is 1. The lowest BCUT2D eigenvalue weighted by Crippen LogP contribution is -2.00. The molecule has 2 N–H and O–H groups in total. The molecule has 0 spiro atoms. The van der Waals surface area contributed by atoms with Crippen molar-refractivity contribution in [3.05, 3.63) is 18.2 Å². The van der Waals surface area contributed by atoms with Gasteiger partial charge >= 0.3 is 0 Å². The van der Waals surface area contributed by atoms with Crippen molar-refractivity contribution in [2.75, 3.05) is 12.3 Å². The highest BCUT2D eigenvalue weighted by atomic mass is 32.1. The maximum absolute atomic E-state index is 5.71. The first-order chi connectivity index (χ1) is 7.65. The van der Waals surface area contributed by atoms with Gasteiger partial charge in [0, 0.05) is 5.69 Å². The van der Waals surface area contributed by atoms with Gasteiger partial charge in [-0.15, -0.1) is 0 Å². The van der Waals surface area contributed by atoms with Gasteiger partial charge in [-0.05, 0) is 30.5 Å². The fraction of sp³-hybridized carbons (Fsp3) is 0.417. The minimum absolute atomic E-state index is 0.657. The number of nitrogens with zero attached hydrogens (tertiary/aromatic N) is 1. The molecule has 0 aliphatic heterocycles. The number of rotatable bonds is 4. The molecule has 0 aliphatic rings. The number of hydrogen-bond acceptors (Lipinski definition) is 4. The van der Waals surface area contributed by atoms with Crippen molar-refractivity contribution in [3.8, 4) is 5.19 Å². The molecule has 1 aromatic carbocycles. The van der Waals surface area contributed by atoms with E-state index in [1.807, 2.05) is 18.2 Å². The standard InChI is InChI=1S/C12H16N2OS/c1-8(2)5-6-15-12-14-10-4-3-9(13)7-11(10)16-12/h3-4,7-8H,5-6,13H2,1-2H3. The van der Waals surface area contributed by atoms with Crippen LogP contribution in [-0.2, 0) is 0 Å². The Kier molecular flexibility index (Phi) is 3.29. The van der Waals surface area contributed by atoms with Crippen LogP contribution in [0.25, 0.3) is 10.2 Å². The third-order valence-corrected chi connectivity index (χ3v) is 3.24. The number of ether oxygens (including phenoxy) is 1. The molecule has 0 fully saturated rings. The van der Waals surface area contributed by atoms with Crippen LogP contribution in [0.3, 0.4) is 0 Å². The Hall–Kier alpha value is -1.29. The molecule has 0 atom stereocenters. The second-order valence-electron chi connectivity index (χ2n) is 4.24. The van der Waals surface area contributed by atoms with Gasteiger partial charge in [-0.3, -0.25) is 0 Å². The Bertz CT molecular complexity index is 479. The van der Waals surface area contributed by atoms with Gasteiger partial charge in [0.05, 0.1) is 16.8 Å². The number of aromatic nitrogens is 1. The van der Waals surface area contributed by atoms with E-state index in [1.165, 1.54) is 0 Å². The van der Waals surface area contributed by atoms with Gasteiger partial charge in [-0.25, -0.2) is 4.98 Å². The number of anilines is 1. The molecule has 2 rings (SSSR count). The van der Waals surface area contributed by atoms with E-state index in [-0.39, 0.29) is 0 Å². The average Bonchev–Trinajstić information content (AvgIpc) is 2.58. The number of nitrogen functional groups attached to an aromatic ring is 1. The van der Waals surface area contributed by atoms with Gasteiger partial charge in [-0.1, -0.05) is 25.2 Å². The second kappa shape index (κ2) is 4.70. The topological polar surface area (TPSA) is 48.1 Å². The van der Waals surface area contributed by atoms with Crippen LogP contribution in [0.1, 0.15) is 20.3 Å². The fourth-order valence-electron chi connectivity index (χ4n) is 1.36. The molecule has 4 heteroatoms. The molecule has 16 heavy (non-hydrogen) atoms. The zero-order valence-corrected chi connectivity index (χ0v) is 10.4. The van der Waals surface area contributed by atoms with Crippen molar-refractivity contribution >= 4 is 27.2 Å². The Morgan fingerprint density at radius 2 is 2.25 bits per heavy atom. The molecule has 0 bridgehead atoms. The molecule has 1 aromatic heterocycles. The lowest BCUT2D eigenvalue weighted by molar-refractivity contribution is 0.289. The van der Waals surface area contributed by atoms with Gasteiger partial charge < -0.3 is 10.5 Å². The maximum atomic E-state index is 5.71. The molecular formula is C12H16N2OS. The monoisotopic (exact) mass is 236 g/mol. The first-order valence-corrected chi connectivity index (χ1v) is 6.25. The second-order valence-corrected chi connectivity index (χ2v) is 5.23. The summed E-state index contributed by atoms with van der Waals surface area (Å²) >= 11 is 1.55. The van der Waals surface area contributed by atoms with Crippen molar-refractivity contribution in [2.45, 2.75) is 20.3 Å². The summed E-state index contributed by atoms with van der Waals surface area (Å²) in [7, 11) is 0. The molecule has 86 valence electrons. The van der Waals surface area contributed by atoms with Crippen LogP contribution < -0.4 is 10.5 Å². The molecule has 0 unspecified atom stereocenters. The molecule has 0 saturated carbocycles. The maximum Gasteiger partial charge on any atom is 0.274 e. The fourth-order valence-corrected chi connectivity index (χ4v) is 2.25. The molecule has 2 aromatic rings. The van der Waals surface area contributed by atoms with Crippen LogP contribution in [0.15, 0.2) is 18.2 Å². The predicted molar refractivity (Wildman–Crippen MR) is 69.0 cm³/mol. The van der Waals surface area contributed by atoms with E-state index < -0.39 is 0 Å². The number of thiazole rings is 1. The summed E-state index contributed by atoms with van der Waals surface area (Å²) in [5, 5.41) is 0.737. The van der Waals surface area contributed by atoms with Crippen LogP contribution in [0.5, 0.6) is 5.19 Å². The highest BCUT2D eigenvalue weighted by Crippen LogP contribution is 2.29. The van der Waals surface area contributed by atoms with E-state index in [0.29, 0.717) is 5.92 Å². The summed E-state index contributed by atoms with van der Waals surface area (Å²) in [5.41, 5.74) is 7.44. The first kappa shape index (κ1) is 11.2. The van der Waals surface area contributed by atoms with Crippen LogP contribution in [-0.4, -0.2) is 11.6 Å². The summed E-state index contributed by atoms with van der Waals surface area (Å²) in [5.74, 6) is 0.657. The van der Waals surface area contributed by atoms with Crippen LogP contribution in [0.2, 0.25) is 0 Å². The zero-order valence-electron chi connectivity index (χ0n) is 9.56. The quantitative estimate of drug-likeness (QED) is 0.828. The minimum Gasteiger partial charge on any atom is -0.470 e. The molecule has 0 aliphatic carbocycles. The van der Waals surface area contributed by atoms with E-state index in [0.717, 1.165) is 34.1 Å². The zero-order chi connectivity index (χ0) is 11.5. The van der Waals surface area contributed by atoms with E-state index in [2.05, 4.69) is 18.8 Å². The molecule has 0 radical (unpaired) electrons. The van der Waals surface area contributed by atoms with Crippen molar-refractivity contribution in [1.29, 1.82) is 0 Å². The van der Waals surface area contributed by atoms with E-state index in [1.54, 1.807) is 11.3 Å². The van der Waals surface area contributed by atoms with Crippen molar-refractivity contribution in [1.82, 2.24) is 4.98 Å². The SMILES string of the molecule is CC(C)CCOc1nc2ccc(N)cc2s1. The Morgan fingerprint density at radius 1 is 1.44 bits per heavy atom. The van der Waals surface area contributed by atoms with Crippen molar-refractivity contribution < 1.29 is 4.74 Å². The number of hydrogen-bond donors (Lipinski definition) is 1. The third-order valence-electron chi connectivity index (χ3n) is 2.31. The van der Waals surface area contributed by atoms with Crippen molar-refractivity contribution in [2.24, 2.45) is 5.92 Å². The van der Waals surface area contributed by atoms with Crippen LogP contribution in [0, 0.1) is 5.92 Å². The Balaban J connectivity index is 2.08. The lowest BCUT2D eigenvalue weighted by atomic mass is 10.1. The summed E-state index contributed by atoms with van der Waals surface area (Å²) < 4.78 is 6.69. The van der Waals surface area contributed by atoms with Crippen LogP contribution >= 0.6 is 11.3 Å². The number of fused-ring (bicyclic) bond motifs is 1. The van der Waals surface area contributed by atoms with E-state index in [9.17, 15) is 0 Å².